The Morgan fingerprint density at radius 1 is 1.27 bits per heavy atom. The average Bonchev–Trinajstić information content (AvgIpc) is 2.52. The zero-order valence-electron chi connectivity index (χ0n) is 13.0. The summed E-state index contributed by atoms with van der Waals surface area (Å²) in [6.45, 7) is 3.96. The second kappa shape index (κ2) is 6.52. The first-order chi connectivity index (χ1) is 10.5. The number of carbonyl (C=O) groups is 1. The van der Waals surface area contributed by atoms with Crippen LogP contribution in [0.15, 0.2) is 24.3 Å². The van der Waals surface area contributed by atoms with E-state index in [0.29, 0.717) is 12.2 Å². The van der Waals surface area contributed by atoms with Crippen LogP contribution < -0.4 is 4.74 Å². The third kappa shape index (κ3) is 2.64. The molecule has 0 amide bonds. The predicted molar refractivity (Wildman–Crippen MR) is 87.6 cm³/mol. The predicted octanol–water partition coefficient (Wildman–Crippen LogP) is 3.78. The van der Waals surface area contributed by atoms with Crippen LogP contribution in [0, 0.1) is 0 Å². The molecule has 0 saturated heterocycles. The molecule has 4 heteroatoms. The number of benzene rings is 2. The van der Waals surface area contributed by atoms with Crippen LogP contribution in [0.1, 0.15) is 30.5 Å². The SMILES string of the molecule is CCc1c(OC)c(O)c2c(CC)cccc2c1/C=C/C(=O)O. The van der Waals surface area contributed by atoms with E-state index in [1.165, 1.54) is 7.11 Å². The number of aromatic hydroxyl groups is 1. The second-order valence-electron chi connectivity index (χ2n) is 4.99. The molecule has 2 rings (SSSR count). The van der Waals surface area contributed by atoms with Gasteiger partial charge in [0.05, 0.1) is 7.11 Å². The summed E-state index contributed by atoms with van der Waals surface area (Å²) in [7, 11) is 1.51. The van der Waals surface area contributed by atoms with Gasteiger partial charge in [-0.15, -0.1) is 0 Å². The molecule has 22 heavy (non-hydrogen) atoms. The van der Waals surface area contributed by atoms with Crippen molar-refractivity contribution in [1.29, 1.82) is 0 Å². The highest BCUT2D eigenvalue weighted by molar-refractivity contribution is 6.02. The highest BCUT2D eigenvalue weighted by Crippen LogP contribution is 2.43. The summed E-state index contributed by atoms with van der Waals surface area (Å²) in [5.41, 5.74) is 2.59. The summed E-state index contributed by atoms with van der Waals surface area (Å²) in [5.74, 6) is -0.464. The molecule has 0 aliphatic heterocycles. The van der Waals surface area contributed by atoms with E-state index in [2.05, 4.69) is 0 Å². The summed E-state index contributed by atoms with van der Waals surface area (Å²) in [5, 5.41) is 21.1. The zero-order chi connectivity index (χ0) is 16.3. The van der Waals surface area contributed by atoms with Gasteiger partial charge in [-0.05, 0) is 35.4 Å². The van der Waals surface area contributed by atoms with E-state index in [1.54, 1.807) is 6.08 Å². The normalized spacial score (nSPS) is 11.2. The van der Waals surface area contributed by atoms with Crippen molar-refractivity contribution in [2.75, 3.05) is 7.11 Å². The maximum atomic E-state index is 10.9. The quantitative estimate of drug-likeness (QED) is 0.825. The van der Waals surface area contributed by atoms with Crippen LogP contribution in [0.5, 0.6) is 11.5 Å². The monoisotopic (exact) mass is 300 g/mol. The van der Waals surface area contributed by atoms with Crippen molar-refractivity contribution in [2.24, 2.45) is 0 Å². The minimum absolute atomic E-state index is 0.124. The maximum Gasteiger partial charge on any atom is 0.328 e. The molecule has 2 N–H and O–H groups in total. The molecule has 0 saturated carbocycles. The van der Waals surface area contributed by atoms with Crippen LogP contribution in [0.4, 0.5) is 0 Å². The molecule has 0 aliphatic rings. The van der Waals surface area contributed by atoms with E-state index in [4.69, 9.17) is 9.84 Å². The summed E-state index contributed by atoms with van der Waals surface area (Å²) >= 11 is 0. The Morgan fingerprint density at radius 2 is 2.00 bits per heavy atom. The molecule has 116 valence electrons. The van der Waals surface area contributed by atoms with E-state index < -0.39 is 5.97 Å². The van der Waals surface area contributed by atoms with E-state index in [9.17, 15) is 9.90 Å². The van der Waals surface area contributed by atoms with Crippen molar-refractivity contribution >= 4 is 22.8 Å². The summed E-state index contributed by atoms with van der Waals surface area (Å²) < 4.78 is 5.39. The maximum absolute atomic E-state index is 10.9. The lowest BCUT2D eigenvalue weighted by Crippen LogP contribution is -1.99. The molecule has 4 nitrogen and oxygen atoms in total. The number of carboxylic acid groups (broad SMARTS) is 1. The van der Waals surface area contributed by atoms with Gasteiger partial charge < -0.3 is 14.9 Å². The summed E-state index contributed by atoms with van der Waals surface area (Å²) in [6.07, 6.45) is 4.08. The molecule has 0 spiro atoms. The number of hydrogen-bond acceptors (Lipinski definition) is 3. The van der Waals surface area contributed by atoms with Crippen LogP contribution in [-0.4, -0.2) is 23.3 Å². The number of phenols is 1. The molecular weight excluding hydrogens is 280 g/mol. The largest absolute Gasteiger partial charge is 0.504 e. The van der Waals surface area contributed by atoms with Gasteiger partial charge in [-0.1, -0.05) is 32.0 Å². The summed E-state index contributed by atoms with van der Waals surface area (Å²) in [4.78, 5) is 10.9. The van der Waals surface area contributed by atoms with Crippen molar-refractivity contribution in [3.63, 3.8) is 0 Å². The van der Waals surface area contributed by atoms with Gasteiger partial charge in [0.15, 0.2) is 11.5 Å². The highest BCUT2D eigenvalue weighted by atomic mass is 16.5. The number of methoxy groups -OCH3 is 1. The third-order valence-corrected chi connectivity index (χ3v) is 3.82. The van der Waals surface area contributed by atoms with Gasteiger partial charge in [0, 0.05) is 17.0 Å². The Morgan fingerprint density at radius 3 is 2.55 bits per heavy atom. The van der Waals surface area contributed by atoms with Crippen LogP contribution in [-0.2, 0) is 17.6 Å². The Hall–Kier alpha value is -2.49. The number of hydrogen-bond donors (Lipinski definition) is 2. The molecule has 0 atom stereocenters. The number of ether oxygens (including phenoxy) is 1. The first kappa shape index (κ1) is 15.9. The average molecular weight is 300 g/mol. The fraction of sp³-hybridized carbons (Fsp3) is 0.278. The number of rotatable bonds is 5. The third-order valence-electron chi connectivity index (χ3n) is 3.82. The topological polar surface area (TPSA) is 66.8 Å². The Labute approximate surface area is 129 Å². The van der Waals surface area contributed by atoms with Gasteiger partial charge in [0.2, 0.25) is 0 Å². The molecule has 0 aliphatic carbocycles. The first-order valence-electron chi connectivity index (χ1n) is 7.29. The fourth-order valence-electron chi connectivity index (χ4n) is 2.86. The van der Waals surface area contributed by atoms with E-state index >= 15 is 0 Å². The second-order valence-corrected chi connectivity index (χ2v) is 4.99. The van der Waals surface area contributed by atoms with Crippen molar-refractivity contribution < 1.29 is 19.7 Å². The molecule has 0 unspecified atom stereocenters. The van der Waals surface area contributed by atoms with Crippen molar-refractivity contribution in [1.82, 2.24) is 0 Å². The van der Waals surface area contributed by atoms with Gasteiger partial charge in [-0.3, -0.25) is 0 Å². The Kier molecular flexibility index (Phi) is 4.71. The highest BCUT2D eigenvalue weighted by Gasteiger charge is 2.19. The lowest BCUT2D eigenvalue weighted by atomic mass is 9.91. The van der Waals surface area contributed by atoms with Crippen LogP contribution in [0.3, 0.4) is 0 Å². The zero-order valence-corrected chi connectivity index (χ0v) is 13.0. The molecule has 0 radical (unpaired) electrons. The number of fused-ring (bicyclic) bond motifs is 1. The Bertz CT molecular complexity index is 745. The lowest BCUT2D eigenvalue weighted by Gasteiger charge is -2.18. The van der Waals surface area contributed by atoms with Gasteiger partial charge in [0.25, 0.3) is 0 Å². The summed E-state index contributed by atoms with van der Waals surface area (Å²) in [6, 6.07) is 5.77. The number of aryl methyl sites for hydroxylation is 1. The molecule has 2 aromatic carbocycles. The molecule has 2 aromatic rings. The van der Waals surface area contributed by atoms with E-state index in [0.717, 1.165) is 40.0 Å². The van der Waals surface area contributed by atoms with E-state index in [1.807, 2.05) is 32.0 Å². The minimum atomic E-state index is -1.01. The van der Waals surface area contributed by atoms with Gasteiger partial charge in [-0.2, -0.15) is 0 Å². The van der Waals surface area contributed by atoms with Crippen LogP contribution in [0.25, 0.3) is 16.8 Å². The van der Waals surface area contributed by atoms with Gasteiger partial charge in [0.1, 0.15) is 0 Å². The van der Waals surface area contributed by atoms with Crippen molar-refractivity contribution in [2.45, 2.75) is 26.7 Å². The standard InChI is InChI=1S/C18H20O4/c1-4-11-7-6-8-14-13(9-10-15(19)20)12(5-2)18(22-3)17(21)16(11)14/h6-10,21H,4-5H2,1-3H3,(H,19,20)/b10-9+. The molecule has 0 bridgehead atoms. The Balaban J connectivity index is 2.96. The minimum Gasteiger partial charge on any atom is -0.504 e. The number of carboxylic acids is 1. The lowest BCUT2D eigenvalue weighted by molar-refractivity contribution is -0.131. The van der Waals surface area contributed by atoms with Crippen LogP contribution >= 0.6 is 0 Å². The first-order valence-corrected chi connectivity index (χ1v) is 7.29. The van der Waals surface area contributed by atoms with Gasteiger partial charge in [-0.25, -0.2) is 4.79 Å². The van der Waals surface area contributed by atoms with Crippen molar-refractivity contribution in [3.05, 3.63) is 41.0 Å². The number of phenolic OH excluding ortho intramolecular Hbond substituents is 1. The number of aliphatic carboxylic acids is 1. The smallest absolute Gasteiger partial charge is 0.328 e. The molecule has 0 heterocycles. The molecule has 0 aromatic heterocycles. The fourth-order valence-corrected chi connectivity index (χ4v) is 2.86. The van der Waals surface area contributed by atoms with Crippen LogP contribution in [0.2, 0.25) is 0 Å². The molecular formula is C18H20O4. The van der Waals surface area contributed by atoms with Gasteiger partial charge >= 0.3 is 5.97 Å². The van der Waals surface area contributed by atoms with Crippen molar-refractivity contribution in [3.8, 4) is 11.5 Å². The van der Waals surface area contributed by atoms with E-state index in [-0.39, 0.29) is 5.75 Å². The molecule has 0 fully saturated rings.